The number of rotatable bonds is 15. The third-order valence-electron chi connectivity index (χ3n) is 2.77. The molecule has 0 aliphatic carbocycles. The predicted octanol–water partition coefficient (Wildman–Crippen LogP) is 2.44. The van der Waals surface area contributed by atoms with Crippen LogP contribution in [0.25, 0.3) is 0 Å². The molecule has 0 aromatic carbocycles. The van der Waals surface area contributed by atoms with Gasteiger partial charge in [0, 0.05) is 27.6 Å². The molecule has 0 heterocycles. The number of hydrogen-bond donors (Lipinski definition) is 4. The zero-order valence-electron chi connectivity index (χ0n) is 12.6. The van der Waals surface area contributed by atoms with Crippen molar-refractivity contribution in [2.45, 2.75) is 44.9 Å². The maximum absolute atomic E-state index is 10.3. The fourth-order valence-corrected chi connectivity index (χ4v) is 2.25. The van der Waals surface area contributed by atoms with Gasteiger partial charge in [-0.15, -0.1) is 18.8 Å². The van der Waals surface area contributed by atoms with E-state index in [-0.39, 0.29) is 6.61 Å². The molecule has 0 aliphatic rings. The van der Waals surface area contributed by atoms with Crippen molar-refractivity contribution >= 4 is 16.5 Å². The van der Waals surface area contributed by atoms with Gasteiger partial charge in [0.1, 0.15) is 13.2 Å². The molecular formula is C12H26N2O6P2+2. The minimum absolute atomic E-state index is 0.265. The lowest BCUT2D eigenvalue weighted by Crippen LogP contribution is -2.11. The predicted molar refractivity (Wildman–Crippen MR) is 84.1 cm³/mol. The number of nitrogens with two attached hydrogens (primary N) is 1. The molecule has 0 fully saturated rings. The van der Waals surface area contributed by atoms with Crippen molar-refractivity contribution in [3.05, 3.63) is 11.9 Å². The van der Waals surface area contributed by atoms with Crippen molar-refractivity contribution in [3.8, 4) is 0 Å². The molecule has 128 valence electrons. The van der Waals surface area contributed by atoms with Gasteiger partial charge in [-0.3, -0.25) is 0 Å². The van der Waals surface area contributed by atoms with E-state index < -0.39 is 16.5 Å². The molecule has 8 nitrogen and oxygen atoms in total. The van der Waals surface area contributed by atoms with Crippen LogP contribution in [0.5, 0.6) is 0 Å². The van der Waals surface area contributed by atoms with Gasteiger partial charge in [-0.2, -0.15) is 0 Å². The monoisotopic (exact) mass is 356 g/mol. The first-order valence-corrected chi connectivity index (χ1v) is 9.54. The van der Waals surface area contributed by atoms with E-state index in [9.17, 15) is 9.13 Å². The Kier molecular flexibility index (Phi) is 14.9. The molecule has 2 unspecified atom stereocenters. The van der Waals surface area contributed by atoms with E-state index in [1.54, 1.807) is 6.20 Å². The molecule has 0 aromatic rings. The summed E-state index contributed by atoms with van der Waals surface area (Å²) < 4.78 is 29.6. The maximum atomic E-state index is 10.3. The van der Waals surface area contributed by atoms with Crippen LogP contribution in [0, 0.1) is 0 Å². The van der Waals surface area contributed by atoms with Crippen LogP contribution in [-0.2, 0) is 18.2 Å². The van der Waals surface area contributed by atoms with Crippen LogP contribution >= 0.6 is 16.5 Å². The Labute approximate surface area is 133 Å². The zero-order chi connectivity index (χ0) is 16.6. The lowest BCUT2D eigenvalue weighted by Gasteiger charge is -2.04. The molecule has 5 N–H and O–H groups in total. The number of nitrogens with one attached hydrogen (secondary N) is 1. The third kappa shape index (κ3) is 17.4. The zero-order valence-corrected chi connectivity index (χ0v) is 14.4. The van der Waals surface area contributed by atoms with Gasteiger partial charge in [0.05, 0.1) is 0 Å². The Balaban J connectivity index is 3.33. The lowest BCUT2D eigenvalue weighted by atomic mass is 10.2. The molecular weight excluding hydrogens is 330 g/mol. The van der Waals surface area contributed by atoms with Gasteiger partial charge in [-0.1, -0.05) is 12.8 Å². The smallest absolute Gasteiger partial charge is 0.401 e. The minimum atomic E-state index is -2.50. The van der Waals surface area contributed by atoms with Gasteiger partial charge >= 0.3 is 16.5 Å². The van der Waals surface area contributed by atoms with Crippen LogP contribution in [0.2, 0.25) is 0 Å². The van der Waals surface area contributed by atoms with Crippen LogP contribution in [0.1, 0.15) is 44.9 Å². The highest BCUT2D eigenvalue weighted by molar-refractivity contribution is 7.32. The molecule has 2 atom stereocenters. The van der Waals surface area contributed by atoms with Crippen LogP contribution in [0.4, 0.5) is 0 Å². The van der Waals surface area contributed by atoms with E-state index in [1.165, 1.54) is 0 Å². The van der Waals surface area contributed by atoms with E-state index in [2.05, 4.69) is 14.4 Å². The van der Waals surface area contributed by atoms with E-state index in [0.717, 1.165) is 50.8 Å². The third-order valence-corrected chi connectivity index (χ3v) is 3.57. The molecule has 0 saturated carbocycles. The summed E-state index contributed by atoms with van der Waals surface area (Å²) in [4.78, 5) is 16.9. The summed E-state index contributed by atoms with van der Waals surface area (Å²) in [7, 11) is -4.97. The van der Waals surface area contributed by atoms with Gasteiger partial charge in [0.25, 0.3) is 0 Å². The summed E-state index contributed by atoms with van der Waals surface area (Å²) in [5.74, 6) is 0. The summed E-state index contributed by atoms with van der Waals surface area (Å²) in [6.07, 6.45) is 7.74. The Morgan fingerprint density at radius 3 is 2.09 bits per heavy atom. The maximum Gasteiger partial charge on any atom is 0.694 e. The normalized spacial score (nSPS) is 13.1. The fourth-order valence-electron chi connectivity index (χ4n) is 1.67. The second kappa shape index (κ2) is 15.3. The summed E-state index contributed by atoms with van der Waals surface area (Å²) in [6.45, 7) is 1.41. The van der Waals surface area contributed by atoms with Crippen LogP contribution < -0.4 is 11.1 Å². The second-order valence-corrected chi connectivity index (χ2v) is 6.15. The van der Waals surface area contributed by atoms with Crippen LogP contribution in [0.15, 0.2) is 11.9 Å². The molecule has 0 radical (unpaired) electrons. The highest BCUT2D eigenvalue weighted by atomic mass is 31.1. The molecule has 0 aliphatic heterocycles. The largest absolute Gasteiger partial charge is 0.694 e. The van der Waals surface area contributed by atoms with Gasteiger partial charge in [-0.25, -0.2) is 0 Å². The summed E-state index contributed by atoms with van der Waals surface area (Å²) in [5, 5.41) is 3.13. The molecule has 22 heavy (non-hydrogen) atoms. The van der Waals surface area contributed by atoms with Crippen molar-refractivity contribution in [2.24, 2.45) is 5.73 Å². The molecule has 0 rings (SSSR count). The summed E-state index contributed by atoms with van der Waals surface area (Å²) >= 11 is 0. The molecule has 0 saturated heterocycles. The van der Waals surface area contributed by atoms with E-state index >= 15 is 0 Å². The van der Waals surface area contributed by atoms with Crippen molar-refractivity contribution < 1.29 is 28.0 Å². The van der Waals surface area contributed by atoms with E-state index in [1.807, 2.05) is 0 Å². The van der Waals surface area contributed by atoms with Gasteiger partial charge in [0.15, 0.2) is 0 Å². The van der Waals surface area contributed by atoms with Gasteiger partial charge in [-0.05, 0) is 32.1 Å². The Morgan fingerprint density at radius 2 is 1.50 bits per heavy atom. The Hall–Kier alpha value is -0.620. The highest BCUT2D eigenvalue weighted by Gasteiger charge is 2.10. The molecule has 0 spiro atoms. The fraction of sp³-hybridized carbons (Fsp3) is 0.833. The second-order valence-electron chi connectivity index (χ2n) is 4.69. The summed E-state index contributed by atoms with van der Waals surface area (Å²) in [6, 6.07) is 0. The minimum Gasteiger partial charge on any atom is -0.401 e. The topological polar surface area (TPSA) is 131 Å². The Bertz CT molecular complexity index is 355. The quantitative estimate of drug-likeness (QED) is 0.260. The van der Waals surface area contributed by atoms with E-state index in [0.29, 0.717) is 13.0 Å². The first-order chi connectivity index (χ1) is 10.5. The van der Waals surface area contributed by atoms with Crippen molar-refractivity contribution in [1.82, 2.24) is 5.32 Å². The van der Waals surface area contributed by atoms with E-state index in [4.69, 9.17) is 15.5 Å². The number of unbranched alkanes of at least 4 members (excludes halogenated alkanes) is 4. The first-order valence-electron chi connectivity index (χ1n) is 7.28. The molecule has 10 heteroatoms. The highest BCUT2D eigenvalue weighted by Crippen LogP contribution is 2.16. The molecule has 0 bridgehead atoms. The van der Waals surface area contributed by atoms with Gasteiger partial charge < -0.3 is 11.1 Å². The van der Waals surface area contributed by atoms with Crippen molar-refractivity contribution in [1.29, 1.82) is 0 Å². The van der Waals surface area contributed by atoms with Crippen molar-refractivity contribution in [3.63, 3.8) is 0 Å². The molecule has 0 aromatic heterocycles. The molecule has 0 amide bonds. The average Bonchev–Trinajstić information content (AvgIpc) is 2.44. The first kappa shape index (κ1) is 21.4. The summed E-state index contributed by atoms with van der Waals surface area (Å²) in [5.41, 5.74) is 6.55. The van der Waals surface area contributed by atoms with Crippen LogP contribution in [-0.4, -0.2) is 29.5 Å². The van der Waals surface area contributed by atoms with Crippen LogP contribution in [0.3, 0.4) is 0 Å². The average molecular weight is 356 g/mol. The Morgan fingerprint density at radius 1 is 0.955 bits per heavy atom. The standard InChI is InChI=1S/C12H24N2O6P2/c13-12(7-3-6-10-20-22(17)18)11-14-8-4-1-2-5-9-19-21(15)16/h11,14H,1-10,13H2/p+2/b12-11-. The lowest BCUT2D eigenvalue weighted by molar-refractivity contribution is 0.273. The number of hydrogen-bond acceptors (Lipinski definition) is 6. The van der Waals surface area contributed by atoms with Gasteiger partial charge in [0.2, 0.25) is 0 Å². The number of allylic oxidation sites excluding steroid dienone is 1. The van der Waals surface area contributed by atoms with Crippen molar-refractivity contribution in [2.75, 3.05) is 19.8 Å². The SMILES string of the molecule is N/C(=C\NCCCCCCO[P+](=O)O)CCCCO[P+](=O)O.